The number of carbonyl (C=O) groups excluding carboxylic acids is 1. The summed E-state index contributed by atoms with van der Waals surface area (Å²) < 4.78 is 24.3. The minimum atomic E-state index is -0.634. The number of methoxy groups -OCH3 is 1. The predicted molar refractivity (Wildman–Crippen MR) is 143 cm³/mol. The fraction of sp³-hybridized carbons (Fsp3) is 0.387. The van der Waals surface area contributed by atoms with Gasteiger partial charge in [0.2, 0.25) is 0 Å². The number of ether oxygens (including phenoxy) is 4. The first-order valence-corrected chi connectivity index (χ1v) is 12.7. The topological polar surface area (TPSA) is 57.2 Å². The molecule has 1 heterocycles. The molecule has 0 unspecified atom stereocenters. The first-order valence-electron chi connectivity index (χ1n) is 12.7. The number of carbonyl (C=O) groups is 1. The SMILES string of the molecule is COc1ccc([C@@H]2[C@@H](OCc3ccccc3)[C@H](OCc3ccccc3)[C@@H](C)N2C(=O)OC(C)(C)C)cc1. The maximum Gasteiger partial charge on any atom is 0.411 e. The number of rotatable bonds is 8. The molecule has 6 heteroatoms. The van der Waals surface area contributed by atoms with Gasteiger partial charge in [0.05, 0.1) is 32.4 Å². The molecule has 0 spiro atoms. The van der Waals surface area contributed by atoms with Crippen molar-refractivity contribution in [3.8, 4) is 5.75 Å². The summed E-state index contributed by atoms with van der Waals surface area (Å²) in [7, 11) is 1.64. The molecule has 3 aromatic carbocycles. The van der Waals surface area contributed by atoms with E-state index in [1.54, 1.807) is 12.0 Å². The zero-order valence-corrected chi connectivity index (χ0v) is 22.3. The van der Waals surface area contributed by atoms with Gasteiger partial charge >= 0.3 is 6.09 Å². The lowest BCUT2D eigenvalue weighted by atomic mass is 10.00. The highest BCUT2D eigenvalue weighted by Gasteiger charge is 2.52. The number of hydrogen-bond donors (Lipinski definition) is 0. The molecule has 1 amide bonds. The van der Waals surface area contributed by atoms with Gasteiger partial charge in [0, 0.05) is 0 Å². The minimum absolute atomic E-state index is 0.286. The van der Waals surface area contributed by atoms with Crippen LogP contribution in [0.1, 0.15) is 50.4 Å². The maximum atomic E-state index is 13.6. The molecule has 6 nitrogen and oxygen atoms in total. The van der Waals surface area contributed by atoms with E-state index < -0.39 is 17.7 Å². The molecule has 196 valence electrons. The van der Waals surface area contributed by atoms with Crippen molar-refractivity contribution >= 4 is 6.09 Å². The second-order valence-electron chi connectivity index (χ2n) is 10.4. The number of amides is 1. The number of hydrogen-bond acceptors (Lipinski definition) is 5. The van der Waals surface area contributed by atoms with Crippen LogP contribution < -0.4 is 4.74 Å². The van der Waals surface area contributed by atoms with Crippen LogP contribution >= 0.6 is 0 Å². The molecule has 0 radical (unpaired) electrons. The molecular formula is C31H37NO5. The Morgan fingerprint density at radius 1 is 0.784 bits per heavy atom. The molecule has 0 aliphatic carbocycles. The Morgan fingerprint density at radius 2 is 1.30 bits per heavy atom. The standard InChI is InChI=1S/C31H37NO5/c1-22-28(35-20-23-12-8-6-9-13-23)29(36-21-24-14-10-7-11-15-24)27(25-16-18-26(34-5)19-17-25)32(22)30(33)37-31(2,3)4/h6-19,22,27-29H,20-21H2,1-5H3/t22-,27-,28-,29-/m1/s1. The van der Waals surface area contributed by atoms with Crippen molar-refractivity contribution in [3.05, 3.63) is 102 Å². The highest BCUT2D eigenvalue weighted by molar-refractivity contribution is 5.70. The second-order valence-corrected chi connectivity index (χ2v) is 10.4. The fourth-order valence-corrected chi connectivity index (χ4v) is 4.72. The molecule has 37 heavy (non-hydrogen) atoms. The van der Waals surface area contributed by atoms with Gasteiger partial charge < -0.3 is 18.9 Å². The van der Waals surface area contributed by atoms with Crippen LogP contribution in [-0.4, -0.2) is 42.0 Å². The van der Waals surface area contributed by atoms with Crippen molar-refractivity contribution in [2.24, 2.45) is 0 Å². The molecule has 1 saturated heterocycles. The van der Waals surface area contributed by atoms with Gasteiger partial charge in [-0.1, -0.05) is 72.8 Å². The van der Waals surface area contributed by atoms with E-state index in [2.05, 4.69) is 0 Å². The van der Waals surface area contributed by atoms with Crippen LogP contribution in [-0.2, 0) is 27.4 Å². The number of nitrogens with zero attached hydrogens (tertiary/aromatic N) is 1. The van der Waals surface area contributed by atoms with Crippen molar-refractivity contribution in [2.45, 2.75) is 70.8 Å². The first-order chi connectivity index (χ1) is 17.8. The van der Waals surface area contributed by atoms with Crippen LogP contribution in [0.5, 0.6) is 5.75 Å². The molecule has 3 aromatic rings. The molecule has 4 rings (SSSR count). The summed E-state index contributed by atoms with van der Waals surface area (Å²) in [5.41, 5.74) is 2.42. The van der Waals surface area contributed by atoms with E-state index in [-0.39, 0.29) is 18.2 Å². The monoisotopic (exact) mass is 503 g/mol. The fourth-order valence-electron chi connectivity index (χ4n) is 4.72. The van der Waals surface area contributed by atoms with Gasteiger partial charge in [-0.25, -0.2) is 4.79 Å². The lowest BCUT2D eigenvalue weighted by Gasteiger charge is -2.32. The minimum Gasteiger partial charge on any atom is -0.497 e. The Kier molecular flexibility index (Phi) is 8.52. The van der Waals surface area contributed by atoms with Gasteiger partial charge in [-0.15, -0.1) is 0 Å². The first kappa shape index (κ1) is 26.7. The van der Waals surface area contributed by atoms with Gasteiger partial charge in [0.1, 0.15) is 23.6 Å². The Morgan fingerprint density at radius 3 is 1.78 bits per heavy atom. The van der Waals surface area contributed by atoms with Crippen molar-refractivity contribution in [2.75, 3.05) is 7.11 Å². The van der Waals surface area contributed by atoms with E-state index in [9.17, 15) is 4.79 Å². The van der Waals surface area contributed by atoms with Gasteiger partial charge in [-0.05, 0) is 56.5 Å². The summed E-state index contributed by atoms with van der Waals surface area (Å²) in [5.74, 6) is 0.747. The quantitative estimate of drug-likeness (QED) is 0.349. The molecule has 1 aliphatic rings. The zero-order chi connectivity index (χ0) is 26.4. The summed E-state index contributed by atoms with van der Waals surface area (Å²) >= 11 is 0. The Labute approximate surface area is 220 Å². The highest BCUT2D eigenvalue weighted by atomic mass is 16.6. The predicted octanol–water partition coefficient (Wildman–Crippen LogP) is 6.55. The number of likely N-dealkylation sites (tertiary alicyclic amines) is 1. The summed E-state index contributed by atoms with van der Waals surface area (Å²) in [5, 5.41) is 0. The highest BCUT2D eigenvalue weighted by Crippen LogP contribution is 2.42. The van der Waals surface area contributed by atoms with E-state index in [0.29, 0.717) is 13.2 Å². The van der Waals surface area contributed by atoms with E-state index in [1.807, 2.05) is 113 Å². The van der Waals surface area contributed by atoms with Gasteiger partial charge in [-0.3, -0.25) is 4.90 Å². The van der Waals surface area contributed by atoms with Crippen LogP contribution in [0.25, 0.3) is 0 Å². The Bertz CT molecular complexity index is 1130. The molecule has 0 bridgehead atoms. The van der Waals surface area contributed by atoms with E-state index in [0.717, 1.165) is 22.4 Å². The third kappa shape index (κ3) is 6.70. The zero-order valence-electron chi connectivity index (χ0n) is 22.3. The van der Waals surface area contributed by atoms with Crippen molar-refractivity contribution in [1.29, 1.82) is 0 Å². The second kappa shape index (κ2) is 11.8. The smallest absolute Gasteiger partial charge is 0.411 e. The summed E-state index contributed by atoms with van der Waals surface area (Å²) in [6.45, 7) is 8.45. The third-order valence-electron chi connectivity index (χ3n) is 6.48. The average Bonchev–Trinajstić information content (AvgIpc) is 3.17. The molecule has 0 aromatic heterocycles. The van der Waals surface area contributed by atoms with Crippen LogP contribution in [0.15, 0.2) is 84.9 Å². The van der Waals surface area contributed by atoms with Gasteiger partial charge in [-0.2, -0.15) is 0 Å². The lowest BCUT2D eigenvalue weighted by molar-refractivity contribution is -0.0778. The van der Waals surface area contributed by atoms with Crippen LogP contribution in [0.4, 0.5) is 4.79 Å². The van der Waals surface area contributed by atoms with Crippen molar-refractivity contribution in [3.63, 3.8) is 0 Å². The van der Waals surface area contributed by atoms with Gasteiger partial charge in [0.25, 0.3) is 0 Å². The van der Waals surface area contributed by atoms with E-state index in [4.69, 9.17) is 18.9 Å². The van der Waals surface area contributed by atoms with E-state index >= 15 is 0 Å². The summed E-state index contributed by atoms with van der Waals surface area (Å²) in [6.07, 6.45) is -1.18. The number of benzene rings is 3. The van der Waals surface area contributed by atoms with Crippen molar-refractivity contribution in [1.82, 2.24) is 4.90 Å². The largest absolute Gasteiger partial charge is 0.497 e. The van der Waals surface area contributed by atoms with E-state index in [1.165, 1.54) is 0 Å². The lowest BCUT2D eigenvalue weighted by Crippen LogP contribution is -2.42. The average molecular weight is 504 g/mol. The molecular weight excluding hydrogens is 466 g/mol. The normalized spacial score (nSPS) is 21.6. The Hall–Kier alpha value is -3.35. The Balaban J connectivity index is 1.70. The summed E-state index contributed by atoms with van der Waals surface area (Å²) in [6, 6.07) is 27.1. The summed E-state index contributed by atoms with van der Waals surface area (Å²) in [4.78, 5) is 15.4. The molecule has 1 fully saturated rings. The third-order valence-corrected chi connectivity index (χ3v) is 6.48. The molecule has 1 aliphatic heterocycles. The van der Waals surface area contributed by atoms with Crippen LogP contribution in [0, 0.1) is 0 Å². The molecule has 0 N–H and O–H groups in total. The maximum absolute atomic E-state index is 13.6. The van der Waals surface area contributed by atoms with Crippen LogP contribution in [0.3, 0.4) is 0 Å². The van der Waals surface area contributed by atoms with Crippen LogP contribution in [0.2, 0.25) is 0 Å². The molecule has 4 atom stereocenters. The van der Waals surface area contributed by atoms with Crippen molar-refractivity contribution < 1.29 is 23.7 Å². The molecule has 0 saturated carbocycles. The van der Waals surface area contributed by atoms with Gasteiger partial charge in [0.15, 0.2) is 0 Å².